The van der Waals surface area contributed by atoms with Gasteiger partial charge in [-0.05, 0) is 29.5 Å². The molecule has 0 spiro atoms. The van der Waals surface area contributed by atoms with E-state index in [0.717, 1.165) is 18.5 Å². The van der Waals surface area contributed by atoms with Gasteiger partial charge in [0.2, 0.25) is 0 Å². The molecule has 1 N–H and O–H groups in total. The number of hydrogen-bond acceptors (Lipinski definition) is 1. The highest BCUT2D eigenvalue weighted by atomic mass is 16.1. The average Bonchev–Trinajstić information content (AvgIpc) is 2.52. The van der Waals surface area contributed by atoms with Crippen LogP contribution in [-0.2, 0) is 5.41 Å². The molecule has 0 radical (unpaired) electrons. The Kier molecular flexibility index (Phi) is 8.98. The maximum absolute atomic E-state index is 12.1. The Hall–Kier alpha value is -1.31. The summed E-state index contributed by atoms with van der Waals surface area (Å²) >= 11 is 0. The summed E-state index contributed by atoms with van der Waals surface area (Å²) in [6.07, 6.45) is 10.3. The maximum Gasteiger partial charge on any atom is 0.251 e. The second-order valence-corrected chi connectivity index (χ2v) is 7.56. The molecule has 2 nitrogen and oxygen atoms in total. The topological polar surface area (TPSA) is 29.1 Å². The molecule has 0 saturated carbocycles. The van der Waals surface area contributed by atoms with Crippen LogP contribution in [-0.4, -0.2) is 12.5 Å². The number of nitrogens with one attached hydrogen (secondary N) is 1. The fourth-order valence-corrected chi connectivity index (χ4v) is 2.68. The summed E-state index contributed by atoms with van der Waals surface area (Å²) < 4.78 is 0. The average molecular weight is 318 g/mol. The molecule has 0 unspecified atom stereocenters. The van der Waals surface area contributed by atoms with Crippen molar-refractivity contribution >= 4 is 5.91 Å². The summed E-state index contributed by atoms with van der Waals surface area (Å²) in [5.41, 5.74) is 2.15. The van der Waals surface area contributed by atoms with Crippen LogP contribution in [0.4, 0.5) is 0 Å². The molecule has 23 heavy (non-hydrogen) atoms. The Labute approximate surface area is 143 Å². The maximum atomic E-state index is 12.1. The lowest BCUT2D eigenvalue weighted by Gasteiger charge is -2.19. The van der Waals surface area contributed by atoms with E-state index < -0.39 is 0 Å². The summed E-state index contributed by atoms with van der Waals surface area (Å²) in [5.74, 6) is 0.0494. The van der Waals surface area contributed by atoms with Gasteiger partial charge in [-0.2, -0.15) is 0 Å². The largest absolute Gasteiger partial charge is 0.352 e. The highest BCUT2D eigenvalue weighted by Crippen LogP contribution is 2.22. The molecule has 0 aliphatic heterocycles. The van der Waals surface area contributed by atoms with Gasteiger partial charge in [-0.3, -0.25) is 4.79 Å². The molecule has 0 heterocycles. The van der Waals surface area contributed by atoms with Crippen LogP contribution in [0.5, 0.6) is 0 Å². The van der Waals surface area contributed by atoms with Crippen molar-refractivity contribution in [2.45, 2.75) is 84.5 Å². The predicted molar refractivity (Wildman–Crippen MR) is 100 cm³/mol. The van der Waals surface area contributed by atoms with Crippen LogP contribution in [0.2, 0.25) is 0 Å². The van der Waals surface area contributed by atoms with Crippen molar-refractivity contribution in [3.8, 4) is 0 Å². The smallest absolute Gasteiger partial charge is 0.251 e. The van der Waals surface area contributed by atoms with Gasteiger partial charge in [0.1, 0.15) is 0 Å². The monoisotopic (exact) mass is 317 g/mol. The van der Waals surface area contributed by atoms with Crippen LogP contribution in [0.3, 0.4) is 0 Å². The summed E-state index contributed by atoms with van der Waals surface area (Å²) in [5, 5.41) is 3.03. The first-order chi connectivity index (χ1) is 10.9. The molecule has 1 rings (SSSR count). The zero-order valence-corrected chi connectivity index (χ0v) is 15.6. The van der Waals surface area contributed by atoms with Crippen molar-refractivity contribution in [3.63, 3.8) is 0 Å². The van der Waals surface area contributed by atoms with Gasteiger partial charge in [0.15, 0.2) is 0 Å². The van der Waals surface area contributed by atoms with Crippen LogP contribution in [0.1, 0.15) is 95.0 Å². The first kappa shape index (κ1) is 19.7. The Morgan fingerprint density at radius 2 is 1.39 bits per heavy atom. The zero-order chi connectivity index (χ0) is 17.1. The van der Waals surface area contributed by atoms with Gasteiger partial charge < -0.3 is 5.32 Å². The Balaban J connectivity index is 2.17. The van der Waals surface area contributed by atoms with Crippen LogP contribution >= 0.6 is 0 Å². The van der Waals surface area contributed by atoms with E-state index in [4.69, 9.17) is 0 Å². The minimum absolute atomic E-state index is 0.0494. The van der Waals surface area contributed by atoms with E-state index in [1.807, 2.05) is 12.1 Å². The van der Waals surface area contributed by atoms with E-state index in [9.17, 15) is 4.79 Å². The third-order valence-electron chi connectivity index (χ3n) is 4.33. The molecule has 1 aromatic carbocycles. The van der Waals surface area contributed by atoms with Crippen molar-refractivity contribution < 1.29 is 4.79 Å². The summed E-state index contributed by atoms with van der Waals surface area (Å²) in [4.78, 5) is 12.1. The van der Waals surface area contributed by atoms with E-state index in [2.05, 4.69) is 45.1 Å². The Morgan fingerprint density at radius 3 is 1.91 bits per heavy atom. The Bertz CT molecular complexity index is 442. The van der Waals surface area contributed by atoms with E-state index in [1.54, 1.807) is 0 Å². The second kappa shape index (κ2) is 10.5. The van der Waals surface area contributed by atoms with E-state index in [-0.39, 0.29) is 11.3 Å². The molecule has 0 aliphatic carbocycles. The third kappa shape index (κ3) is 8.20. The second-order valence-electron chi connectivity index (χ2n) is 7.56. The van der Waals surface area contributed by atoms with Gasteiger partial charge in [0.05, 0.1) is 0 Å². The summed E-state index contributed by atoms with van der Waals surface area (Å²) in [6.45, 7) is 9.59. The molecule has 0 aromatic heterocycles. The lowest BCUT2D eigenvalue weighted by Crippen LogP contribution is -2.24. The fourth-order valence-electron chi connectivity index (χ4n) is 2.68. The number of carbonyl (C=O) groups excluding carboxylic acids is 1. The van der Waals surface area contributed by atoms with Gasteiger partial charge >= 0.3 is 0 Å². The minimum atomic E-state index is 0.0494. The molecule has 1 aromatic rings. The molecule has 130 valence electrons. The van der Waals surface area contributed by atoms with E-state index in [1.165, 1.54) is 50.5 Å². The molecule has 0 aliphatic rings. The standard InChI is InChI=1S/C21H35NO/c1-5-6-7-8-9-10-11-12-17-22-20(23)18-13-15-19(16-14-18)21(2,3)4/h13-16H,5-12,17H2,1-4H3,(H,22,23). The number of benzene rings is 1. The number of amides is 1. The molecular weight excluding hydrogens is 282 g/mol. The fraction of sp³-hybridized carbons (Fsp3) is 0.667. The van der Waals surface area contributed by atoms with Crippen LogP contribution < -0.4 is 5.32 Å². The van der Waals surface area contributed by atoms with E-state index >= 15 is 0 Å². The minimum Gasteiger partial charge on any atom is -0.352 e. The van der Waals surface area contributed by atoms with Gasteiger partial charge in [0.25, 0.3) is 5.91 Å². The normalized spacial score (nSPS) is 11.5. The van der Waals surface area contributed by atoms with Gasteiger partial charge in [-0.15, -0.1) is 0 Å². The van der Waals surface area contributed by atoms with Gasteiger partial charge in [-0.1, -0.05) is 84.8 Å². The molecule has 2 heteroatoms. The molecule has 0 saturated heterocycles. The van der Waals surface area contributed by atoms with Crippen molar-refractivity contribution in [2.24, 2.45) is 0 Å². The Morgan fingerprint density at radius 1 is 0.870 bits per heavy atom. The first-order valence-corrected chi connectivity index (χ1v) is 9.34. The lowest BCUT2D eigenvalue weighted by molar-refractivity contribution is 0.0953. The highest BCUT2D eigenvalue weighted by molar-refractivity contribution is 5.94. The molecular formula is C21H35NO. The SMILES string of the molecule is CCCCCCCCCCNC(=O)c1ccc(C(C)(C)C)cc1. The van der Waals surface area contributed by atoms with Crippen LogP contribution in [0.15, 0.2) is 24.3 Å². The first-order valence-electron chi connectivity index (χ1n) is 9.34. The van der Waals surface area contributed by atoms with Crippen LogP contribution in [0.25, 0.3) is 0 Å². The number of hydrogen-bond donors (Lipinski definition) is 1. The molecule has 1 amide bonds. The molecule has 0 fully saturated rings. The summed E-state index contributed by atoms with van der Waals surface area (Å²) in [6, 6.07) is 7.99. The predicted octanol–water partition coefficient (Wildman–Crippen LogP) is 5.85. The number of carbonyl (C=O) groups is 1. The molecule has 0 atom stereocenters. The quantitative estimate of drug-likeness (QED) is 0.538. The van der Waals surface area contributed by atoms with E-state index in [0.29, 0.717) is 0 Å². The van der Waals surface area contributed by atoms with Gasteiger partial charge in [0, 0.05) is 12.1 Å². The molecule has 0 bridgehead atoms. The zero-order valence-electron chi connectivity index (χ0n) is 15.6. The summed E-state index contributed by atoms with van der Waals surface area (Å²) in [7, 11) is 0. The van der Waals surface area contributed by atoms with Crippen molar-refractivity contribution in [2.75, 3.05) is 6.54 Å². The van der Waals surface area contributed by atoms with Crippen molar-refractivity contribution in [1.82, 2.24) is 5.32 Å². The number of rotatable bonds is 10. The number of unbranched alkanes of at least 4 members (excludes halogenated alkanes) is 7. The van der Waals surface area contributed by atoms with Crippen molar-refractivity contribution in [1.29, 1.82) is 0 Å². The van der Waals surface area contributed by atoms with Crippen LogP contribution in [0, 0.1) is 0 Å². The van der Waals surface area contributed by atoms with Gasteiger partial charge in [-0.25, -0.2) is 0 Å². The third-order valence-corrected chi connectivity index (χ3v) is 4.33. The lowest BCUT2D eigenvalue weighted by atomic mass is 9.87. The van der Waals surface area contributed by atoms with Crippen molar-refractivity contribution in [3.05, 3.63) is 35.4 Å². The highest BCUT2D eigenvalue weighted by Gasteiger charge is 2.14.